The van der Waals surface area contributed by atoms with E-state index in [2.05, 4.69) is 15.0 Å². The van der Waals surface area contributed by atoms with Crippen molar-refractivity contribution in [3.05, 3.63) is 52.2 Å². The maximum absolute atomic E-state index is 12.3. The van der Waals surface area contributed by atoms with E-state index in [1.165, 1.54) is 12.4 Å². The van der Waals surface area contributed by atoms with Gasteiger partial charge in [0.2, 0.25) is 5.43 Å². The van der Waals surface area contributed by atoms with Crippen molar-refractivity contribution in [3.8, 4) is 11.4 Å². The lowest BCUT2D eigenvalue weighted by Crippen LogP contribution is -2.19. The van der Waals surface area contributed by atoms with Crippen LogP contribution in [0.1, 0.15) is 22.8 Å². The molecular formula is C16H14N4O3. The molecule has 0 saturated heterocycles. The van der Waals surface area contributed by atoms with Crippen LogP contribution in [0.15, 0.2) is 35.6 Å². The molecule has 0 unspecified atom stereocenters. The molecule has 3 heterocycles. The second-order valence-corrected chi connectivity index (χ2v) is 5.08. The molecule has 0 atom stereocenters. The Labute approximate surface area is 131 Å². The van der Waals surface area contributed by atoms with Crippen molar-refractivity contribution in [2.24, 2.45) is 0 Å². The van der Waals surface area contributed by atoms with Gasteiger partial charge in [-0.1, -0.05) is 0 Å². The zero-order valence-electron chi connectivity index (χ0n) is 12.6. The van der Waals surface area contributed by atoms with E-state index in [0.29, 0.717) is 18.0 Å². The van der Waals surface area contributed by atoms with Crippen molar-refractivity contribution in [1.82, 2.24) is 19.5 Å². The molecule has 1 N–H and O–H groups in total. The molecule has 0 bridgehead atoms. The highest BCUT2D eigenvalue weighted by atomic mass is 16.4. The molecule has 7 heteroatoms. The van der Waals surface area contributed by atoms with Crippen LogP contribution in [0.4, 0.5) is 0 Å². The zero-order valence-corrected chi connectivity index (χ0v) is 12.6. The van der Waals surface area contributed by atoms with Crippen LogP contribution < -0.4 is 5.43 Å². The van der Waals surface area contributed by atoms with Crippen molar-refractivity contribution in [2.45, 2.75) is 20.4 Å². The van der Waals surface area contributed by atoms with Crippen LogP contribution in [0.5, 0.6) is 0 Å². The molecule has 0 saturated carbocycles. The van der Waals surface area contributed by atoms with Gasteiger partial charge in [-0.25, -0.2) is 14.8 Å². The minimum absolute atomic E-state index is 0.196. The summed E-state index contributed by atoms with van der Waals surface area (Å²) in [5.74, 6) is -0.782. The fourth-order valence-electron chi connectivity index (χ4n) is 2.42. The molecule has 0 aromatic carbocycles. The molecule has 0 aliphatic carbocycles. The summed E-state index contributed by atoms with van der Waals surface area (Å²) in [6.45, 7) is 4.24. The topological polar surface area (TPSA) is 98.0 Å². The Balaban J connectivity index is 2.33. The maximum atomic E-state index is 12.3. The number of carboxylic acid groups (broad SMARTS) is 1. The molecule has 23 heavy (non-hydrogen) atoms. The predicted molar refractivity (Wildman–Crippen MR) is 84.4 cm³/mol. The Kier molecular flexibility index (Phi) is 3.61. The summed E-state index contributed by atoms with van der Waals surface area (Å²) in [7, 11) is 0. The fourth-order valence-corrected chi connectivity index (χ4v) is 2.42. The summed E-state index contributed by atoms with van der Waals surface area (Å²) >= 11 is 0. The summed E-state index contributed by atoms with van der Waals surface area (Å²) < 4.78 is 1.64. The zero-order chi connectivity index (χ0) is 16.6. The first kappa shape index (κ1) is 14.8. The molecule has 0 amide bonds. The highest BCUT2D eigenvalue weighted by molar-refractivity contribution is 5.91. The minimum Gasteiger partial charge on any atom is -0.477 e. The van der Waals surface area contributed by atoms with Crippen molar-refractivity contribution in [3.63, 3.8) is 0 Å². The molecule has 0 radical (unpaired) electrons. The van der Waals surface area contributed by atoms with Gasteiger partial charge < -0.3 is 9.67 Å². The van der Waals surface area contributed by atoms with Gasteiger partial charge in [0.15, 0.2) is 5.82 Å². The van der Waals surface area contributed by atoms with E-state index < -0.39 is 11.4 Å². The second-order valence-electron chi connectivity index (χ2n) is 5.08. The third-order valence-electron chi connectivity index (χ3n) is 3.65. The van der Waals surface area contributed by atoms with E-state index >= 15 is 0 Å². The smallest absolute Gasteiger partial charge is 0.341 e. The van der Waals surface area contributed by atoms with Gasteiger partial charge in [-0.15, -0.1) is 0 Å². The Morgan fingerprint density at radius 3 is 2.78 bits per heavy atom. The molecule has 0 aliphatic heterocycles. The standard InChI is InChI=1S/C16H14N4O3/c1-3-20-8-12(16(22)23)13(21)11-7-18-14(19-15(11)20)10-4-5-17-6-9(10)2/h4-8H,3H2,1-2H3,(H,22,23). The highest BCUT2D eigenvalue weighted by Gasteiger charge is 2.16. The Morgan fingerprint density at radius 1 is 1.35 bits per heavy atom. The number of carbonyl (C=O) groups is 1. The van der Waals surface area contributed by atoms with Gasteiger partial charge in [0.05, 0.1) is 5.39 Å². The van der Waals surface area contributed by atoms with E-state index in [-0.39, 0.29) is 10.9 Å². The van der Waals surface area contributed by atoms with Crippen LogP contribution in [0.2, 0.25) is 0 Å². The molecule has 0 spiro atoms. The van der Waals surface area contributed by atoms with Crippen molar-refractivity contribution in [1.29, 1.82) is 0 Å². The van der Waals surface area contributed by atoms with E-state index in [0.717, 1.165) is 11.1 Å². The number of hydrogen-bond donors (Lipinski definition) is 1. The summed E-state index contributed by atoms with van der Waals surface area (Å²) in [5, 5.41) is 9.35. The number of aromatic carboxylic acids is 1. The lowest BCUT2D eigenvalue weighted by molar-refractivity contribution is 0.0695. The van der Waals surface area contributed by atoms with Crippen molar-refractivity contribution < 1.29 is 9.90 Å². The number of rotatable bonds is 3. The van der Waals surface area contributed by atoms with Gasteiger partial charge in [-0.2, -0.15) is 0 Å². The minimum atomic E-state index is -1.26. The quantitative estimate of drug-likeness (QED) is 0.793. The summed E-state index contributed by atoms with van der Waals surface area (Å²) in [6.07, 6.45) is 6.07. The number of fused-ring (bicyclic) bond motifs is 1. The van der Waals surface area contributed by atoms with E-state index in [4.69, 9.17) is 5.11 Å². The van der Waals surface area contributed by atoms with Gasteiger partial charge in [0.25, 0.3) is 0 Å². The summed E-state index contributed by atoms with van der Waals surface area (Å²) in [5.41, 5.74) is 1.30. The molecule has 0 aliphatic rings. The number of aromatic nitrogens is 4. The first-order chi connectivity index (χ1) is 11.0. The number of pyridine rings is 2. The SMILES string of the molecule is CCn1cc(C(=O)O)c(=O)c2cnc(-c3ccncc3C)nc21. The van der Waals surface area contributed by atoms with Crippen molar-refractivity contribution in [2.75, 3.05) is 0 Å². The number of carboxylic acids is 1. The van der Waals surface area contributed by atoms with Gasteiger partial charge in [0.1, 0.15) is 11.2 Å². The number of aryl methyl sites for hydroxylation is 2. The third-order valence-corrected chi connectivity index (χ3v) is 3.65. The Morgan fingerprint density at radius 2 is 2.13 bits per heavy atom. The molecular weight excluding hydrogens is 296 g/mol. The molecule has 3 aromatic heterocycles. The van der Waals surface area contributed by atoms with Gasteiger partial charge in [-0.05, 0) is 25.5 Å². The molecule has 3 aromatic rings. The van der Waals surface area contributed by atoms with Gasteiger partial charge in [0, 0.05) is 36.9 Å². The fraction of sp³-hybridized carbons (Fsp3) is 0.188. The predicted octanol–water partition coefficient (Wildman–Crippen LogP) is 1.88. The van der Waals surface area contributed by atoms with Crippen LogP contribution in [-0.2, 0) is 6.54 Å². The normalized spacial score (nSPS) is 10.9. The van der Waals surface area contributed by atoms with Crippen LogP contribution in [-0.4, -0.2) is 30.6 Å². The average Bonchev–Trinajstić information content (AvgIpc) is 2.55. The third kappa shape index (κ3) is 2.46. The molecule has 7 nitrogen and oxygen atoms in total. The van der Waals surface area contributed by atoms with E-state index in [1.54, 1.807) is 23.0 Å². The van der Waals surface area contributed by atoms with Gasteiger partial charge in [-0.3, -0.25) is 9.78 Å². The van der Waals surface area contributed by atoms with Crippen LogP contribution in [0.25, 0.3) is 22.4 Å². The Bertz CT molecular complexity index is 979. The lowest BCUT2D eigenvalue weighted by Gasteiger charge is -2.10. The lowest BCUT2D eigenvalue weighted by atomic mass is 10.1. The number of nitrogens with zero attached hydrogens (tertiary/aromatic N) is 4. The monoisotopic (exact) mass is 310 g/mol. The maximum Gasteiger partial charge on any atom is 0.341 e. The van der Waals surface area contributed by atoms with E-state index in [1.807, 2.05) is 13.8 Å². The highest BCUT2D eigenvalue weighted by Crippen LogP contribution is 2.20. The second kappa shape index (κ2) is 5.60. The summed E-state index contributed by atoms with van der Waals surface area (Å²) in [6, 6.07) is 1.80. The molecule has 116 valence electrons. The van der Waals surface area contributed by atoms with E-state index in [9.17, 15) is 9.59 Å². The van der Waals surface area contributed by atoms with Crippen molar-refractivity contribution >= 4 is 17.0 Å². The van der Waals surface area contributed by atoms with Crippen LogP contribution in [0.3, 0.4) is 0 Å². The van der Waals surface area contributed by atoms with Crippen LogP contribution >= 0.6 is 0 Å². The van der Waals surface area contributed by atoms with Gasteiger partial charge >= 0.3 is 5.97 Å². The average molecular weight is 310 g/mol. The summed E-state index contributed by atoms with van der Waals surface area (Å²) in [4.78, 5) is 36.2. The Hall–Kier alpha value is -3.09. The molecule has 3 rings (SSSR count). The largest absolute Gasteiger partial charge is 0.477 e. The number of hydrogen-bond acceptors (Lipinski definition) is 5. The first-order valence-corrected chi connectivity index (χ1v) is 7.07. The molecule has 0 fully saturated rings. The first-order valence-electron chi connectivity index (χ1n) is 7.07. The van der Waals surface area contributed by atoms with Crippen LogP contribution in [0, 0.1) is 6.92 Å².